The second-order valence-electron chi connectivity index (χ2n) is 5.06. The highest BCUT2D eigenvalue weighted by molar-refractivity contribution is 8.77. The van der Waals surface area contributed by atoms with E-state index >= 15 is 0 Å². The van der Waals surface area contributed by atoms with Gasteiger partial charge in [0.15, 0.2) is 11.5 Å². The van der Waals surface area contributed by atoms with Crippen LogP contribution >= 0.6 is 21.6 Å². The van der Waals surface area contributed by atoms with Crippen LogP contribution in [0.3, 0.4) is 0 Å². The number of fused-ring (bicyclic) bond motifs is 1. The molecule has 0 spiro atoms. The average molecular weight is 326 g/mol. The van der Waals surface area contributed by atoms with Crippen LogP contribution in [-0.2, 0) is 4.79 Å². The van der Waals surface area contributed by atoms with Gasteiger partial charge in [0.05, 0.1) is 0 Å². The molecular weight excluding hydrogens is 308 g/mol. The van der Waals surface area contributed by atoms with E-state index in [0.29, 0.717) is 23.7 Å². The largest absolute Gasteiger partial charge is 0.454 e. The van der Waals surface area contributed by atoms with Gasteiger partial charge in [-0.3, -0.25) is 4.79 Å². The molecule has 0 bridgehead atoms. The fourth-order valence-corrected chi connectivity index (χ4v) is 5.36. The molecule has 2 heterocycles. The van der Waals surface area contributed by atoms with E-state index in [1.165, 1.54) is 18.6 Å². The number of rotatable bonds is 6. The van der Waals surface area contributed by atoms with Crippen molar-refractivity contribution in [3.8, 4) is 17.2 Å². The molecule has 2 aliphatic heterocycles. The summed E-state index contributed by atoms with van der Waals surface area (Å²) in [6.45, 7) is 0.226. The minimum Gasteiger partial charge on any atom is -0.454 e. The van der Waals surface area contributed by atoms with Gasteiger partial charge in [0.2, 0.25) is 6.79 Å². The highest BCUT2D eigenvalue weighted by atomic mass is 33.1. The van der Waals surface area contributed by atoms with E-state index in [1.807, 2.05) is 21.6 Å². The standard InChI is InChI=1S/C15H18O4S2/c16-15(4-2-1-3-12-7-8-20-21-12)19-11-5-6-13-14(9-11)18-10-17-13/h5-6,9,12H,1-4,7-8,10H2. The van der Waals surface area contributed by atoms with E-state index in [2.05, 4.69) is 0 Å². The van der Waals surface area contributed by atoms with Crippen LogP contribution in [0.4, 0.5) is 0 Å². The van der Waals surface area contributed by atoms with Gasteiger partial charge in [-0.25, -0.2) is 0 Å². The van der Waals surface area contributed by atoms with Crippen LogP contribution in [0.5, 0.6) is 17.2 Å². The Morgan fingerprint density at radius 1 is 1.29 bits per heavy atom. The van der Waals surface area contributed by atoms with Gasteiger partial charge in [0.1, 0.15) is 5.75 Å². The first-order valence-electron chi connectivity index (χ1n) is 7.20. The summed E-state index contributed by atoms with van der Waals surface area (Å²) in [5.74, 6) is 2.94. The third-order valence-corrected chi connectivity index (χ3v) is 6.47. The first-order chi connectivity index (χ1) is 10.3. The number of hydrogen-bond donors (Lipinski definition) is 0. The number of carbonyl (C=O) groups excluding carboxylic acids is 1. The number of hydrogen-bond acceptors (Lipinski definition) is 6. The summed E-state index contributed by atoms with van der Waals surface area (Å²) in [4.78, 5) is 11.8. The molecule has 114 valence electrons. The van der Waals surface area contributed by atoms with Crippen molar-refractivity contribution in [2.45, 2.75) is 37.4 Å². The summed E-state index contributed by atoms with van der Waals surface area (Å²) in [5, 5.41) is 0.778. The lowest BCUT2D eigenvalue weighted by atomic mass is 10.1. The Morgan fingerprint density at radius 2 is 2.19 bits per heavy atom. The van der Waals surface area contributed by atoms with Crippen LogP contribution in [-0.4, -0.2) is 23.8 Å². The van der Waals surface area contributed by atoms with Crippen molar-refractivity contribution < 1.29 is 19.0 Å². The summed E-state index contributed by atoms with van der Waals surface area (Å²) in [7, 11) is 3.95. The van der Waals surface area contributed by atoms with Crippen molar-refractivity contribution in [3.05, 3.63) is 18.2 Å². The first kappa shape index (κ1) is 14.9. The van der Waals surface area contributed by atoms with Crippen molar-refractivity contribution in [1.29, 1.82) is 0 Å². The number of benzene rings is 1. The van der Waals surface area contributed by atoms with Crippen molar-refractivity contribution in [2.24, 2.45) is 0 Å². The van der Waals surface area contributed by atoms with E-state index < -0.39 is 0 Å². The molecule has 1 unspecified atom stereocenters. The Labute approximate surface area is 132 Å². The van der Waals surface area contributed by atoms with Crippen LogP contribution in [0.1, 0.15) is 32.1 Å². The lowest BCUT2D eigenvalue weighted by Crippen LogP contribution is -2.08. The van der Waals surface area contributed by atoms with Gasteiger partial charge in [0, 0.05) is 23.5 Å². The van der Waals surface area contributed by atoms with Gasteiger partial charge in [-0.05, 0) is 31.4 Å². The molecule has 4 nitrogen and oxygen atoms in total. The molecule has 0 N–H and O–H groups in total. The summed E-state index contributed by atoms with van der Waals surface area (Å²) in [6.07, 6.45) is 4.96. The molecule has 1 saturated heterocycles. The summed E-state index contributed by atoms with van der Waals surface area (Å²) in [5.41, 5.74) is 0. The minimum absolute atomic E-state index is 0.178. The third kappa shape index (κ3) is 4.23. The van der Waals surface area contributed by atoms with E-state index in [1.54, 1.807) is 18.2 Å². The van der Waals surface area contributed by atoms with Crippen LogP contribution in [0.15, 0.2) is 18.2 Å². The Hall–Kier alpha value is -1.01. The zero-order valence-corrected chi connectivity index (χ0v) is 13.3. The van der Waals surface area contributed by atoms with Gasteiger partial charge < -0.3 is 14.2 Å². The lowest BCUT2D eigenvalue weighted by molar-refractivity contribution is -0.134. The molecule has 0 saturated carbocycles. The number of esters is 1. The molecule has 0 aliphatic carbocycles. The Bertz CT molecular complexity index is 500. The van der Waals surface area contributed by atoms with E-state index in [0.717, 1.165) is 18.1 Å². The SMILES string of the molecule is O=C(CCCCC1CCSS1)Oc1ccc2c(c1)OCO2. The van der Waals surface area contributed by atoms with Gasteiger partial charge in [0.25, 0.3) is 0 Å². The van der Waals surface area contributed by atoms with Gasteiger partial charge >= 0.3 is 5.97 Å². The van der Waals surface area contributed by atoms with Crippen molar-refractivity contribution >= 4 is 27.6 Å². The van der Waals surface area contributed by atoms with E-state index in [-0.39, 0.29) is 12.8 Å². The topological polar surface area (TPSA) is 44.8 Å². The van der Waals surface area contributed by atoms with Crippen molar-refractivity contribution in [2.75, 3.05) is 12.5 Å². The second kappa shape index (κ2) is 7.31. The Balaban J connectivity index is 1.37. The maximum atomic E-state index is 11.8. The molecule has 1 aromatic rings. The zero-order chi connectivity index (χ0) is 14.5. The summed E-state index contributed by atoms with van der Waals surface area (Å²) >= 11 is 0. The maximum absolute atomic E-state index is 11.8. The van der Waals surface area contributed by atoms with Crippen LogP contribution < -0.4 is 14.2 Å². The number of carbonyl (C=O) groups is 1. The van der Waals surface area contributed by atoms with E-state index in [4.69, 9.17) is 14.2 Å². The minimum atomic E-state index is -0.178. The highest BCUT2D eigenvalue weighted by Crippen LogP contribution is 2.40. The summed E-state index contributed by atoms with van der Waals surface area (Å²) in [6, 6.07) is 5.20. The Morgan fingerprint density at radius 3 is 3.05 bits per heavy atom. The Kier molecular flexibility index (Phi) is 5.19. The molecule has 1 aromatic carbocycles. The fraction of sp³-hybridized carbons (Fsp3) is 0.533. The quantitative estimate of drug-likeness (QED) is 0.340. The molecule has 1 fully saturated rings. The fourth-order valence-electron chi connectivity index (χ4n) is 2.33. The predicted octanol–water partition coefficient (Wildman–Crippen LogP) is 4.03. The predicted molar refractivity (Wildman–Crippen MR) is 85.1 cm³/mol. The second-order valence-corrected chi connectivity index (χ2v) is 7.85. The van der Waals surface area contributed by atoms with Crippen LogP contribution in [0.2, 0.25) is 0 Å². The smallest absolute Gasteiger partial charge is 0.311 e. The average Bonchev–Trinajstić information content (AvgIpc) is 3.14. The molecule has 0 aromatic heterocycles. The monoisotopic (exact) mass is 326 g/mol. The van der Waals surface area contributed by atoms with Crippen molar-refractivity contribution in [3.63, 3.8) is 0 Å². The molecular formula is C15H18O4S2. The lowest BCUT2D eigenvalue weighted by Gasteiger charge is -2.07. The van der Waals surface area contributed by atoms with E-state index in [9.17, 15) is 4.79 Å². The molecule has 1 atom stereocenters. The third-order valence-electron chi connectivity index (χ3n) is 3.46. The maximum Gasteiger partial charge on any atom is 0.311 e. The van der Waals surface area contributed by atoms with Crippen LogP contribution in [0, 0.1) is 0 Å². The molecule has 21 heavy (non-hydrogen) atoms. The zero-order valence-electron chi connectivity index (χ0n) is 11.7. The van der Waals surface area contributed by atoms with Gasteiger partial charge in [-0.1, -0.05) is 28.0 Å². The highest BCUT2D eigenvalue weighted by Gasteiger charge is 2.17. The molecule has 2 aliphatic rings. The summed E-state index contributed by atoms with van der Waals surface area (Å²) < 4.78 is 15.8. The van der Waals surface area contributed by atoms with Gasteiger partial charge in [-0.2, -0.15) is 0 Å². The molecule has 0 radical (unpaired) electrons. The van der Waals surface area contributed by atoms with Crippen LogP contribution in [0.25, 0.3) is 0 Å². The van der Waals surface area contributed by atoms with Crippen molar-refractivity contribution in [1.82, 2.24) is 0 Å². The number of unbranched alkanes of at least 4 members (excludes halogenated alkanes) is 1. The normalized spacial score (nSPS) is 19.7. The first-order valence-corrected chi connectivity index (χ1v) is 9.58. The molecule has 0 amide bonds. The molecule has 3 rings (SSSR count). The number of ether oxygens (including phenoxy) is 3. The molecule has 6 heteroatoms. The van der Waals surface area contributed by atoms with Gasteiger partial charge in [-0.15, -0.1) is 0 Å².